The second-order valence-electron chi connectivity index (χ2n) is 9.88. The zero-order valence-corrected chi connectivity index (χ0v) is 25.3. The van der Waals surface area contributed by atoms with Gasteiger partial charge in [0.1, 0.15) is 18.1 Å². The Bertz CT molecular complexity index is 1240. The summed E-state index contributed by atoms with van der Waals surface area (Å²) in [6.45, 7) is 12.1. The highest BCUT2D eigenvalue weighted by Crippen LogP contribution is 2.42. The van der Waals surface area contributed by atoms with E-state index >= 15 is 0 Å². The van der Waals surface area contributed by atoms with Gasteiger partial charge in [-0.2, -0.15) is 0 Å². The number of allylic oxidation sites excluding steroid dienone is 5. The Kier molecular flexibility index (Phi) is 13.4. The molecule has 1 aromatic carbocycles. The molecule has 1 amide bonds. The van der Waals surface area contributed by atoms with Crippen molar-refractivity contribution in [2.24, 2.45) is 10.5 Å². The van der Waals surface area contributed by atoms with E-state index < -0.39 is 17.3 Å². The van der Waals surface area contributed by atoms with Crippen molar-refractivity contribution in [2.75, 3.05) is 26.7 Å². The lowest BCUT2D eigenvalue weighted by Crippen LogP contribution is -2.44. The van der Waals surface area contributed by atoms with Gasteiger partial charge < -0.3 is 19.5 Å². The minimum atomic E-state index is -0.675. The van der Waals surface area contributed by atoms with Gasteiger partial charge in [-0.1, -0.05) is 57.6 Å². The van der Waals surface area contributed by atoms with Crippen LogP contribution < -0.4 is 4.74 Å². The first kappa shape index (κ1) is 33.4. The Morgan fingerprint density at radius 3 is 2.41 bits per heavy atom. The number of carbonyl (C=O) groups is 2. The topological polar surface area (TPSA) is 125 Å². The molecule has 0 unspecified atom stereocenters. The van der Waals surface area contributed by atoms with Crippen LogP contribution >= 0.6 is 0 Å². The van der Waals surface area contributed by atoms with Crippen molar-refractivity contribution in [2.45, 2.75) is 73.3 Å². The fourth-order valence-corrected chi connectivity index (χ4v) is 5.26. The van der Waals surface area contributed by atoms with Crippen LogP contribution in [0.3, 0.4) is 0 Å². The average Bonchev–Trinajstić information content (AvgIpc) is 3.30. The number of amides is 1. The van der Waals surface area contributed by atoms with Gasteiger partial charge >= 0.3 is 5.97 Å². The average molecular weight is 565 g/mol. The Morgan fingerprint density at radius 1 is 1.20 bits per heavy atom. The Hall–Kier alpha value is -3.81. The summed E-state index contributed by atoms with van der Waals surface area (Å²) in [5.41, 5.74) is 13.0. The summed E-state index contributed by atoms with van der Waals surface area (Å²) in [7, 11) is 1.69. The Labute approximate surface area is 243 Å². The van der Waals surface area contributed by atoms with Crippen molar-refractivity contribution in [3.8, 4) is 5.75 Å². The second-order valence-corrected chi connectivity index (χ2v) is 9.88. The fraction of sp³-hybridized carbons (Fsp3) is 0.500. The lowest BCUT2D eigenvalue weighted by molar-refractivity contribution is -0.151. The molecule has 1 fully saturated rings. The molecular formula is C32H44N4O5. The Balaban J connectivity index is 0.000000654. The standard InChI is InChI=1S/C28H35NO4.C2H3N3O.C2H6/c1-4-28(5-2,27(30)31)19-29-15-13-20(14-16-29)26-23-12-11-22(32-3)17-21(23)18-33-25-10-8-6-7-9-24(25)26;1-2(6)4-5-3;1-2/h6-7,9-12,17H,4-5,8,13-16,18-19H2,1-3H3,(H,30,31);1H3;1-2H3. The van der Waals surface area contributed by atoms with E-state index in [-0.39, 0.29) is 0 Å². The van der Waals surface area contributed by atoms with Crippen molar-refractivity contribution in [1.82, 2.24) is 4.90 Å². The summed E-state index contributed by atoms with van der Waals surface area (Å²) < 4.78 is 11.7. The minimum Gasteiger partial charge on any atom is -0.497 e. The van der Waals surface area contributed by atoms with Crippen molar-refractivity contribution in [1.29, 1.82) is 0 Å². The normalized spacial score (nSPS) is 16.2. The number of likely N-dealkylation sites (tertiary alicyclic amines) is 1. The summed E-state index contributed by atoms with van der Waals surface area (Å²) in [5.74, 6) is 0.607. The molecule has 0 bridgehead atoms. The van der Waals surface area contributed by atoms with Crippen LogP contribution in [0.1, 0.15) is 77.8 Å². The monoisotopic (exact) mass is 564 g/mol. The highest BCUT2D eigenvalue weighted by molar-refractivity contribution is 5.88. The molecular weight excluding hydrogens is 520 g/mol. The van der Waals surface area contributed by atoms with Crippen LogP contribution in [0.5, 0.6) is 5.75 Å². The zero-order chi connectivity index (χ0) is 30.4. The number of carboxylic acids is 1. The first-order chi connectivity index (χ1) is 19.8. The molecule has 2 heterocycles. The molecule has 41 heavy (non-hydrogen) atoms. The number of rotatable bonds is 6. The number of aliphatic carboxylic acids is 1. The minimum absolute atomic E-state index is 0.502. The largest absolute Gasteiger partial charge is 0.497 e. The summed E-state index contributed by atoms with van der Waals surface area (Å²) >= 11 is 0. The maximum absolute atomic E-state index is 12.0. The molecule has 4 rings (SSSR count). The molecule has 1 saturated heterocycles. The molecule has 3 aliphatic rings. The van der Waals surface area contributed by atoms with Gasteiger partial charge in [0.25, 0.3) is 0 Å². The zero-order valence-electron chi connectivity index (χ0n) is 25.3. The van der Waals surface area contributed by atoms with E-state index in [1.165, 1.54) is 23.6 Å². The number of hydrogen-bond acceptors (Lipinski definition) is 5. The molecule has 1 aliphatic carbocycles. The fourth-order valence-electron chi connectivity index (χ4n) is 5.26. The SMILES string of the molecule is CC.CC(=O)N=[N+]=[N-].CCC(CC)(CN1CCC(=C2C3=CC=CCC=C3OCc3cc(OC)ccc32)CC1)C(=O)O. The molecule has 0 saturated carbocycles. The molecule has 222 valence electrons. The molecule has 0 spiro atoms. The van der Waals surface area contributed by atoms with Crippen molar-refractivity contribution < 1.29 is 24.2 Å². The van der Waals surface area contributed by atoms with Crippen LogP contribution in [0.4, 0.5) is 0 Å². The number of nitrogens with zero attached hydrogens (tertiary/aromatic N) is 4. The first-order valence-electron chi connectivity index (χ1n) is 14.4. The number of carbonyl (C=O) groups excluding carboxylic acids is 1. The molecule has 9 heteroatoms. The number of methoxy groups -OCH3 is 1. The number of azide groups is 1. The van der Waals surface area contributed by atoms with Crippen molar-refractivity contribution in [3.05, 3.63) is 81.0 Å². The van der Waals surface area contributed by atoms with Crippen LogP contribution in [0.15, 0.2) is 64.5 Å². The van der Waals surface area contributed by atoms with Gasteiger partial charge in [-0.25, -0.2) is 0 Å². The van der Waals surface area contributed by atoms with E-state index in [0.29, 0.717) is 26.0 Å². The van der Waals surface area contributed by atoms with Crippen LogP contribution in [0, 0.1) is 5.41 Å². The first-order valence-corrected chi connectivity index (χ1v) is 14.4. The van der Waals surface area contributed by atoms with E-state index in [9.17, 15) is 14.7 Å². The van der Waals surface area contributed by atoms with Gasteiger partial charge in [0.2, 0.25) is 5.91 Å². The molecule has 0 radical (unpaired) electrons. The third-order valence-corrected chi connectivity index (χ3v) is 7.67. The van der Waals surface area contributed by atoms with E-state index in [0.717, 1.165) is 55.0 Å². The van der Waals surface area contributed by atoms with Gasteiger partial charge in [-0.3, -0.25) is 9.59 Å². The number of fused-ring (bicyclic) bond motifs is 2. The quantitative estimate of drug-likeness (QED) is 0.215. The highest BCUT2D eigenvalue weighted by Gasteiger charge is 2.37. The predicted molar refractivity (Wildman–Crippen MR) is 162 cm³/mol. The third kappa shape index (κ3) is 8.59. The smallest absolute Gasteiger partial charge is 0.310 e. The predicted octanol–water partition coefficient (Wildman–Crippen LogP) is 7.61. The van der Waals surface area contributed by atoms with E-state index in [4.69, 9.17) is 15.0 Å². The summed E-state index contributed by atoms with van der Waals surface area (Å²) in [5, 5.41) is 12.5. The van der Waals surface area contributed by atoms with E-state index in [2.05, 4.69) is 51.4 Å². The number of ether oxygens (including phenoxy) is 2. The molecule has 2 aliphatic heterocycles. The molecule has 1 N–H and O–H groups in total. The van der Waals surface area contributed by atoms with Crippen molar-refractivity contribution >= 4 is 17.4 Å². The van der Waals surface area contributed by atoms with Crippen LogP contribution in [-0.2, 0) is 20.9 Å². The van der Waals surface area contributed by atoms with Gasteiger partial charge in [0, 0.05) is 42.6 Å². The van der Waals surface area contributed by atoms with Crippen LogP contribution in [-0.4, -0.2) is 48.6 Å². The summed E-state index contributed by atoms with van der Waals surface area (Å²) in [6, 6.07) is 6.27. The van der Waals surface area contributed by atoms with Crippen molar-refractivity contribution in [3.63, 3.8) is 0 Å². The number of benzene rings is 1. The maximum Gasteiger partial charge on any atom is 0.310 e. The third-order valence-electron chi connectivity index (χ3n) is 7.67. The van der Waals surface area contributed by atoms with E-state index in [1.807, 2.05) is 33.8 Å². The Morgan fingerprint density at radius 2 is 1.88 bits per heavy atom. The van der Waals surface area contributed by atoms with Gasteiger partial charge in [0.15, 0.2) is 0 Å². The second kappa shape index (κ2) is 16.5. The number of piperidine rings is 1. The molecule has 0 atom stereocenters. The van der Waals surface area contributed by atoms with Crippen LogP contribution in [0.2, 0.25) is 0 Å². The molecule has 9 nitrogen and oxygen atoms in total. The lowest BCUT2D eigenvalue weighted by atomic mass is 9.80. The summed E-state index contributed by atoms with van der Waals surface area (Å²) in [6.07, 6.45) is 12.6. The molecule has 1 aromatic rings. The highest BCUT2D eigenvalue weighted by atomic mass is 16.5. The van der Waals surface area contributed by atoms with Crippen LogP contribution in [0.25, 0.3) is 16.0 Å². The molecule has 0 aromatic heterocycles. The van der Waals surface area contributed by atoms with Gasteiger partial charge in [-0.05, 0) is 72.1 Å². The lowest BCUT2D eigenvalue weighted by Gasteiger charge is -2.37. The van der Waals surface area contributed by atoms with E-state index in [1.54, 1.807) is 7.11 Å². The van der Waals surface area contributed by atoms with Gasteiger partial charge in [-0.15, -0.1) is 0 Å². The summed E-state index contributed by atoms with van der Waals surface area (Å²) in [4.78, 5) is 26.2. The van der Waals surface area contributed by atoms with Gasteiger partial charge in [0.05, 0.1) is 12.5 Å². The maximum atomic E-state index is 12.0. The number of carboxylic acid groups (broad SMARTS) is 1. The number of hydrogen-bond donors (Lipinski definition) is 1.